The molecule has 0 aliphatic carbocycles. The first-order valence-corrected chi connectivity index (χ1v) is 8.24. The molecule has 0 aliphatic heterocycles. The number of hydrogen-bond donors (Lipinski definition) is 1. The van der Waals surface area contributed by atoms with Crippen LogP contribution in [0.4, 0.5) is 51.1 Å². The van der Waals surface area contributed by atoms with E-state index in [4.69, 9.17) is 0 Å². The molecule has 166 valence electrons. The molecule has 13 heteroatoms. The van der Waals surface area contributed by atoms with Crippen LogP contribution in [0.2, 0.25) is 0 Å². The first-order chi connectivity index (χ1) is 13.5. The second-order valence-corrected chi connectivity index (χ2v) is 6.69. The van der Waals surface area contributed by atoms with Crippen LogP contribution in [-0.2, 0) is 25.1 Å². The van der Waals surface area contributed by atoms with Crippen molar-refractivity contribution in [2.45, 2.75) is 38.9 Å². The van der Waals surface area contributed by atoms with Gasteiger partial charge in [-0.05, 0) is 24.1 Å². The molecule has 30 heavy (non-hydrogen) atoms. The maximum Gasteiger partial charge on any atom is 0.433 e. The number of nitrogens with zero attached hydrogens (tertiary/aromatic N) is 2. The maximum absolute atomic E-state index is 13.3. The Morgan fingerprint density at radius 3 is 2.00 bits per heavy atom. The van der Waals surface area contributed by atoms with Gasteiger partial charge in [0, 0.05) is 12.6 Å². The number of alkyl halides is 9. The van der Waals surface area contributed by atoms with Gasteiger partial charge in [-0.2, -0.15) is 39.5 Å². The summed E-state index contributed by atoms with van der Waals surface area (Å²) in [6.07, 6.45) is -15.4. The monoisotopic (exact) mass is 447 g/mol. The summed E-state index contributed by atoms with van der Waals surface area (Å²) in [5, 5.41) is 1.95. The molecule has 0 saturated carbocycles. The second-order valence-electron chi connectivity index (χ2n) is 6.69. The molecule has 1 heterocycles. The van der Waals surface area contributed by atoms with Gasteiger partial charge in [-0.3, -0.25) is 9.36 Å². The standard InChI is InChI=1S/C17H14F9N3O/c1-8(2)7-29-13(30)6-12(17(24,25)26)28-14(29)27-11-4-3-9(15(18,19)20)5-10(11)16(21,22)23/h3-6,8H,7H2,1-2H3,(H,27,28). The van der Waals surface area contributed by atoms with E-state index in [0.717, 1.165) is 0 Å². The molecule has 0 atom stereocenters. The van der Waals surface area contributed by atoms with Crippen LogP contribution in [0, 0.1) is 5.92 Å². The van der Waals surface area contributed by atoms with Crippen molar-refractivity contribution in [2.75, 3.05) is 5.32 Å². The smallest absolute Gasteiger partial charge is 0.325 e. The van der Waals surface area contributed by atoms with E-state index in [2.05, 4.69) is 4.98 Å². The largest absolute Gasteiger partial charge is 0.433 e. The fourth-order valence-corrected chi connectivity index (χ4v) is 2.47. The minimum Gasteiger partial charge on any atom is -0.325 e. The SMILES string of the molecule is CC(C)Cn1c(Nc2ccc(C(F)(F)F)cc2C(F)(F)F)nc(C(F)(F)F)cc1=O. The Morgan fingerprint density at radius 1 is 0.933 bits per heavy atom. The van der Waals surface area contributed by atoms with E-state index in [0.29, 0.717) is 16.7 Å². The Bertz CT molecular complexity index is 972. The molecule has 0 bridgehead atoms. The summed E-state index contributed by atoms with van der Waals surface area (Å²) in [6, 6.07) is 0.750. The number of rotatable bonds is 4. The van der Waals surface area contributed by atoms with Crippen molar-refractivity contribution in [3.63, 3.8) is 0 Å². The third-order valence-electron chi connectivity index (χ3n) is 3.75. The van der Waals surface area contributed by atoms with Gasteiger partial charge >= 0.3 is 18.5 Å². The van der Waals surface area contributed by atoms with Gasteiger partial charge in [0.05, 0.1) is 16.8 Å². The summed E-state index contributed by atoms with van der Waals surface area (Å²) in [5.74, 6) is -1.19. The van der Waals surface area contributed by atoms with Gasteiger partial charge in [0.25, 0.3) is 5.56 Å². The van der Waals surface area contributed by atoms with E-state index in [-0.39, 0.29) is 24.6 Å². The number of benzene rings is 1. The molecule has 1 aromatic heterocycles. The van der Waals surface area contributed by atoms with Crippen LogP contribution in [0.3, 0.4) is 0 Å². The first kappa shape index (κ1) is 23.5. The molecule has 1 N–H and O–H groups in total. The fraction of sp³-hybridized carbons (Fsp3) is 0.412. The van der Waals surface area contributed by atoms with Crippen LogP contribution in [0.1, 0.15) is 30.7 Å². The van der Waals surface area contributed by atoms with Crippen LogP contribution in [0.5, 0.6) is 0 Å². The Balaban J connectivity index is 2.68. The number of aromatic nitrogens is 2. The van der Waals surface area contributed by atoms with E-state index in [9.17, 15) is 44.3 Å². The summed E-state index contributed by atoms with van der Waals surface area (Å²) in [6.45, 7) is 2.98. The molecule has 0 fully saturated rings. The Labute approximate surface area is 163 Å². The minimum absolute atomic E-state index is 0.180. The van der Waals surface area contributed by atoms with Crippen molar-refractivity contribution in [1.29, 1.82) is 0 Å². The topological polar surface area (TPSA) is 46.9 Å². The third-order valence-corrected chi connectivity index (χ3v) is 3.75. The van der Waals surface area contributed by atoms with Gasteiger partial charge in [0.1, 0.15) is 0 Å². The summed E-state index contributed by atoms with van der Waals surface area (Å²) >= 11 is 0. The van der Waals surface area contributed by atoms with E-state index < -0.39 is 52.5 Å². The molecule has 2 aromatic rings. The highest BCUT2D eigenvalue weighted by molar-refractivity contribution is 5.61. The second kappa shape index (κ2) is 7.84. The molecule has 0 aliphatic rings. The molecule has 4 nitrogen and oxygen atoms in total. The lowest BCUT2D eigenvalue weighted by atomic mass is 10.1. The fourth-order valence-electron chi connectivity index (χ4n) is 2.47. The number of halogens is 9. The summed E-state index contributed by atoms with van der Waals surface area (Å²) in [5.41, 5.74) is -7.21. The van der Waals surface area contributed by atoms with E-state index >= 15 is 0 Å². The van der Waals surface area contributed by atoms with Crippen LogP contribution in [0.15, 0.2) is 29.1 Å². The molecular weight excluding hydrogens is 433 g/mol. The molecule has 0 radical (unpaired) electrons. The van der Waals surface area contributed by atoms with Crippen molar-refractivity contribution in [1.82, 2.24) is 9.55 Å². The summed E-state index contributed by atoms with van der Waals surface area (Å²) < 4.78 is 118. The zero-order valence-electron chi connectivity index (χ0n) is 15.3. The lowest BCUT2D eigenvalue weighted by Crippen LogP contribution is -2.28. The van der Waals surface area contributed by atoms with E-state index in [1.807, 2.05) is 5.32 Å². The third kappa shape index (κ3) is 5.45. The van der Waals surface area contributed by atoms with Crippen LogP contribution in [0.25, 0.3) is 0 Å². The van der Waals surface area contributed by atoms with Gasteiger partial charge < -0.3 is 5.32 Å². The van der Waals surface area contributed by atoms with E-state index in [1.165, 1.54) is 0 Å². The molecule has 0 unspecified atom stereocenters. The average molecular weight is 447 g/mol. The highest BCUT2D eigenvalue weighted by Gasteiger charge is 2.39. The van der Waals surface area contributed by atoms with Crippen LogP contribution in [-0.4, -0.2) is 9.55 Å². The lowest BCUT2D eigenvalue weighted by molar-refractivity contribution is -0.143. The van der Waals surface area contributed by atoms with Gasteiger partial charge in [-0.15, -0.1) is 0 Å². The minimum atomic E-state index is -5.27. The average Bonchev–Trinajstić information content (AvgIpc) is 2.54. The molecule has 0 spiro atoms. The number of hydrogen-bond acceptors (Lipinski definition) is 3. The molecule has 2 rings (SSSR count). The van der Waals surface area contributed by atoms with Crippen LogP contribution < -0.4 is 10.9 Å². The lowest BCUT2D eigenvalue weighted by Gasteiger charge is -2.20. The van der Waals surface area contributed by atoms with E-state index in [1.54, 1.807) is 13.8 Å². The highest BCUT2D eigenvalue weighted by atomic mass is 19.4. The van der Waals surface area contributed by atoms with Gasteiger partial charge in [0.15, 0.2) is 5.69 Å². The number of anilines is 2. The molecule has 1 aromatic carbocycles. The quantitative estimate of drug-likeness (QED) is 0.612. The summed E-state index contributed by atoms with van der Waals surface area (Å²) in [7, 11) is 0. The molecular formula is C17H14F9N3O. The molecule has 0 saturated heterocycles. The zero-order valence-corrected chi connectivity index (χ0v) is 15.3. The highest BCUT2D eigenvalue weighted by Crippen LogP contribution is 2.40. The van der Waals surface area contributed by atoms with Gasteiger partial charge in [0.2, 0.25) is 5.95 Å². The Hall–Kier alpha value is -2.73. The van der Waals surface area contributed by atoms with Crippen molar-refractivity contribution < 1.29 is 39.5 Å². The van der Waals surface area contributed by atoms with Gasteiger partial charge in [-0.1, -0.05) is 13.8 Å². The summed E-state index contributed by atoms with van der Waals surface area (Å²) in [4.78, 5) is 15.3. The Kier molecular flexibility index (Phi) is 6.15. The van der Waals surface area contributed by atoms with Crippen molar-refractivity contribution in [2.24, 2.45) is 5.92 Å². The number of nitrogens with one attached hydrogen (secondary N) is 1. The normalized spacial score (nSPS) is 13.1. The van der Waals surface area contributed by atoms with Crippen LogP contribution >= 0.6 is 0 Å². The van der Waals surface area contributed by atoms with Crippen molar-refractivity contribution in [3.8, 4) is 0 Å². The van der Waals surface area contributed by atoms with Gasteiger partial charge in [-0.25, -0.2) is 4.98 Å². The predicted octanol–water partition coefficient (Wildman–Crippen LogP) is 5.70. The first-order valence-electron chi connectivity index (χ1n) is 8.24. The Morgan fingerprint density at radius 2 is 1.53 bits per heavy atom. The van der Waals surface area contributed by atoms with Crippen molar-refractivity contribution >= 4 is 11.6 Å². The molecule has 0 amide bonds. The zero-order chi connectivity index (χ0) is 23.1. The predicted molar refractivity (Wildman–Crippen MR) is 88.1 cm³/mol. The maximum atomic E-state index is 13.3. The van der Waals surface area contributed by atoms with Crippen molar-refractivity contribution in [3.05, 3.63) is 51.4 Å².